The highest BCUT2D eigenvalue weighted by Gasteiger charge is 2.70. The quantitative estimate of drug-likeness (QED) is 0.243. The van der Waals surface area contributed by atoms with Crippen molar-refractivity contribution in [2.75, 3.05) is 14.2 Å². The summed E-state index contributed by atoms with van der Waals surface area (Å²) in [4.78, 5) is 25.3. The number of nitrogens with zero attached hydrogens (tertiary/aromatic N) is 1. The fraction of sp³-hybridized carbons (Fsp3) is 0.318. The van der Waals surface area contributed by atoms with Crippen molar-refractivity contribution < 1.29 is 63.7 Å². The molecule has 2 N–H and O–H groups in total. The van der Waals surface area contributed by atoms with Gasteiger partial charge in [-0.1, -0.05) is 36.4 Å². The zero-order chi connectivity index (χ0) is 28.9. The molecule has 0 radical (unpaired) electrons. The van der Waals surface area contributed by atoms with E-state index in [9.17, 15) is 44.7 Å². The Morgan fingerprint density at radius 2 is 1.24 bits per heavy atom. The fourth-order valence-electron chi connectivity index (χ4n) is 2.79. The second-order valence-corrected chi connectivity index (χ2v) is 7.13. The largest absolute Gasteiger partial charge is 0.463 e. The number of fused-ring (bicyclic) bond motifs is 2. The van der Waals surface area contributed by atoms with E-state index in [-0.39, 0.29) is 14.2 Å². The molecule has 0 bridgehead atoms. The molecule has 2 aromatic carbocycles. The van der Waals surface area contributed by atoms with E-state index in [0.717, 1.165) is 22.0 Å². The zero-order valence-electron chi connectivity index (χ0n) is 19.3. The van der Waals surface area contributed by atoms with Gasteiger partial charge in [-0.2, -0.15) is 35.1 Å². The van der Waals surface area contributed by atoms with Crippen LogP contribution < -0.4 is 5.73 Å². The van der Waals surface area contributed by atoms with Crippen LogP contribution in [0.2, 0.25) is 0 Å². The van der Waals surface area contributed by atoms with Crippen LogP contribution >= 0.6 is 0 Å². The lowest BCUT2D eigenvalue weighted by molar-refractivity contribution is -0.502. The summed E-state index contributed by atoms with van der Waals surface area (Å²) in [6.07, 6.45) is -24.1. The van der Waals surface area contributed by atoms with Gasteiger partial charge in [0.2, 0.25) is 0 Å². The standard InChI is InChI=1S/C14H12N2.C8H6F8O6/c15-9-12-6-3-5-11-8-10-4-1-2-7-13(10)16-14(11)12;1-19-3(17)5(9,10)21-7(13,14)8(15,16)22-6(11,12)4(18)20-2/h1-8H,9,15H2;1-2H3. The number of rotatable bonds is 8. The Balaban J connectivity index is 0.000000277. The van der Waals surface area contributed by atoms with E-state index in [0.29, 0.717) is 6.54 Å². The Bertz CT molecular complexity index is 1270. The number of nitrogens with two attached hydrogens (primary N) is 1. The molecule has 1 aromatic heterocycles. The van der Waals surface area contributed by atoms with Gasteiger partial charge in [0, 0.05) is 17.3 Å². The SMILES string of the molecule is COC(=O)C(F)(F)OC(F)(F)C(F)(F)OC(F)(F)C(=O)OC.NCc1cccc2cc3ccccc3nc12. The van der Waals surface area contributed by atoms with Crippen molar-refractivity contribution in [1.29, 1.82) is 0 Å². The summed E-state index contributed by atoms with van der Waals surface area (Å²) >= 11 is 0. The molecule has 0 amide bonds. The highest BCUT2D eigenvalue weighted by atomic mass is 19.3. The van der Waals surface area contributed by atoms with E-state index < -0.39 is 36.4 Å². The number of halogens is 8. The van der Waals surface area contributed by atoms with Crippen LogP contribution in [0, 0.1) is 0 Å². The molecule has 0 saturated heterocycles. The molecule has 16 heteroatoms. The molecular weight excluding hydrogens is 540 g/mol. The number of carbonyl (C=O) groups is 2. The number of pyridine rings is 1. The number of benzene rings is 2. The summed E-state index contributed by atoms with van der Waals surface area (Å²) in [5.74, 6) is -5.63. The first kappa shape index (κ1) is 30.6. The number of hydrogen-bond acceptors (Lipinski definition) is 8. The first-order chi connectivity index (χ1) is 17.5. The second-order valence-electron chi connectivity index (χ2n) is 7.13. The van der Waals surface area contributed by atoms with E-state index in [1.165, 1.54) is 5.39 Å². The predicted octanol–water partition coefficient (Wildman–Crippen LogP) is 4.58. The minimum Gasteiger partial charge on any atom is -0.463 e. The lowest BCUT2D eigenvalue weighted by Gasteiger charge is -2.29. The first-order valence-corrected chi connectivity index (χ1v) is 10.1. The summed E-state index contributed by atoms with van der Waals surface area (Å²) in [5, 5.41) is 2.32. The van der Waals surface area contributed by atoms with Crippen molar-refractivity contribution in [1.82, 2.24) is 4.98 Å². The maximum Gasteiger partial charge on any atom is 0.460 e. The molecule has 0 aliphatic heterocycles. The molecule has 1 heterocycles. The number of aromatic nitrogens is 1. The van der Waals surface area contributed by atoms with Crippen LogP contribution in [0.4, 0.5) is 35.1 Å². The van der Waals surface area contributed by atoms with E-state index in [4.69, 9.17) is 5.73 Å². The molecule has 0 aliphatic carbocycles. The van der Waals surface area contributed by atoms with Crippen molar-refractivity contribution >= 4 is 33.7 Å². The van der Waals surface area contributed by atoms with Gasteiger partial charge >= 0.3 is 36.4 Å². The van der Waals surface area contributed by atoms with Gasteiger partial charge in [0.05, 0.1) is 25.3 Å². The Morgan fingerprint density at radius 1 is 0.763 bits per heavy atom. The summed E-state index contributed by atoms with van der Waals surface area (Å²) in [5.41, 5.74) is 8.86. The summed E-state index contributed by atoms with van der Waals surface area (Å²) in [6.45, 7) is 0.530. The smallest absolute Gasteiger partial charge is 0.460 e. The number of para-hydroxylation sites is 2. The summed E-state index contributed by atoms with van der Waals surface area (Å²) in [7, 11) is 0.551. The average Bonchev–Trinajstić information content (AvgIpc) is 2.84. The third kappa shape index (κ3) is 6.81. The molecule has 0 spiro atoms. The topological polar surface area (TPSA) is 110 Å². The summed E-state index contributed by atoms with van der Waals surface area (Å²) < 4.78 is 113. The highest BCUT2D eigenvalue weighted by Crippen LogP contribution is 2.43. The Labute approximate surface area is 208 Å². The maximum atomic E-state index is 12.8. The third-order valence-electron chi connectivity index (χ3n) is 4.55. The van der Waals surface area contributed by atoms with Crippen LogP contribution in [0.1, 0.15) is 5.56 Å². The second kappa shape index (κ2) is 11.4. The molecule has 0 atom stereocenters. The van der Waals surface area contributed by atoms with E-state index >= 15 is 0 Å². The Morgan fingerprint density at radius 3 is 1.71 bits per heavy atom. The first-order valence-electron chi connectivity index (χ1n) is 10.1. The van der Waals surface area contributed by atoms with Crippen molar-refractivity contribution in [2.45, 2.75) is 31.0 Å². The number of carbonyl (C=O) groups excluding carboxylic acids is 2. The lowest BCUT2D eigenvalue weighted by atomic mass is 10.1. The maximum absolute atomic E-state index is 12.8. The minimum absolute atomic E-state index is 0.276. The van der Waals surface area contributed by atoms with Crippen LogP contribution in [0.3, 0.4) is 0 Å². The monoisotopic (exact) mass is 558 g/mol. The molecule has 208 valence electrons. The predicted molar refractivity (Wildman–Crippen MR) is 113 cm³/mol. The molecule has 0 fully saturated rings. The normalized spacial score (nSPS) is 12.6. The Hall–Kier alpha value is -3.63. The van der Waals surface area contributed by atoms with Crippen molar-refractivity contribution in [3.05, 3.63) is 54.1 Å². The molecule has 0 saturated carbocycles. The molecule has 0 unspecified atom stereocenters. The number of methoxy groups -OCH3 is 2. The van der Waals surface area contributed by atoms with Gasteiger partial charge in [0.25, 0.3) is 0 Å². The number of esters is 2. The highest BCUT2D eigenvalue weighted by molar-refractivity contribution is 5.94. The molecule has 3 rings (SSSR count). The zero-order valence-corrected chi connectivity index (χ0v) is 19.3. The molecule has 3 aromatic rings. The van der Waals surface area contributed by atoms with Gasteiger partial charge in [0.1, 0.15) is 0 Å². The van der Waals surface area contributed by atoms with Crippen LogP contribution in [0.25, 0.3) is 21.8 Å². The molecular formula is C22H18F8N2O6. The van der Waals surface area contributed by atoms with Crippen molar-refractivity contribution in [3.63, 3.8) is 0 Å². The number of ether oxygens (including phenoxy) is 4. The van der Waals surface area contributed by atoms with Gasteiger partial charge in [-0.3, -0.25) is 0 Å². The fourth-order valence-corrected chi connectivity index (χ4v) is 2.79. The van der Waals surface area contributed by atoms with Gasteiger partial charge < -0.3 is 15.2 Å². The average molecular weight is 558 g/mol. The van der Waals surface area contributed by atoms with Crippen molar-refractivity contribution in [3.8, 4) is 0 Å². The van der Waals surface area contributed by atoms with E-state index in [1.54, 1.807) is 0 Å². The Kier molecular flexibility index (Phi) is 9.18. The molecule has 8 nitrogen and oxygen atoms in total. The van der Waals surface area contributed by atoms with E-state index in [2.05, 4.69) is 42.1 Å². The van der Waals surface area contributed by atoms with Crippen LogP contribution in [0.5, 0.6) is 0 Å². The van der Waals surface area contributed by atoms with Crippen LogP contribution in [0.15, 0.2) is 48.5 Å². The molecule has 38 heavy (non-hydrogen) atoms. The van der Waals surface area contributed by atoms with Crippen molar-refractivity contribution in [2.24, 2.45) is 5.73 Å². The third-order valence-corrected chi connectivity index (χ3v) is 4.55. The van der Waals surface area contributed by atoms with Gasteiger partial charge in [-0.05, 0) is 17.7 Å². The van der Waals surface area contributed by atoms with E-state index in [1.807, 2.05) is 30.3 Å². The van der Waals surface area contributed by atoms with Crippen LogP contribution in [-0.2, 0) is 35.1 Å². The number of hydrogen-bond donors (Lipinski definition) is 1. The van der Waals surface area contributed by atoms with Gasteiger partial charge in [-0.25, -0.2) is 24.0 Å². The lowest BCUT2D eigenvalue weighted by Crippen LogP contribution is -2.54. The number of alkyl halides is 8. The van der Waals surface area contributed by atoms with Gasteiger partial charge in [0.15, 0.2) is 0 Å². The molecule has 0 aliphatic rings. The summed E-state index contributed by atoms with van der Waals surface area (Å²) in [6, 6.07) is 16.4. The van der Waals surface area contributed by atoms with Crippen LogP contribution in [-0.4, -0.2) is 55.6 Å². The van der Waals surface area contributed by atoms with Gasteiger partial charge in [-0.15, -0.1) is 0 Å². The minimum atomic E-state index is -6.44.